The minimum atomic E-state index is -0.494. The molecule has 0 unspecified atom stereocenters. The molecule has 6 heteroatoms. The number of nitrogens with zero attached hydrogens (tertiary/aromatic N) is 1. The first-order chi connectivity index (χ1) is 10.6. The lowest BCUT2D eigenvalue weighted by Gasteiger charge is -2.47. The van der Waals surface area contributed by atoms with Crippen LogP contribution < -0.4 is 10.5 Å². The number of carbonyl (C=O) groups is 2. The summed E-state index contributed by atoms with van der Waals surface area (Å²) in [5.74, 6) is 0.156. The second-order valence-electron chi connectivity index (χ2n) is 6.04. The Labute approximate surface area is 129 Å². The Balaban J connectivity index is 1.42. The molecule has 2 aliphatic heterocycles. The number of rotatable bonds is 5. The number of carbonyl (C=O) groups excluding carboxylic acids is 2. The number of amides is 2. The molecule has 0 bridgehead atoms. The summed E-state index contributed by atoms with van der Waals surface area (Å²) in [6, 6.07) is 6.66. The van der Waals surface area contributed by atoms with E-state index in [1.807, 2.05) is 4.90 Å². The van der Waals surface area contributed by atoms with Crippen molar-refractivity contribution in [1.29, 1.82) is 0 Å². The molecule has 1 aromatic rings. The number of primary amides is 1. The summed E-state index contributed by atoms with van der Waals surface area (Å²) in [6.07, 6.45) is 1.38. The molecule has 2 N–H and O–H groups in total. The maximum absolute atomic E-state index is 12.1. The molecule has 2 saturated heterocycles. The number of hydrogen-bond acceptors (Lipinski definition) is 4. The predicted octanol–water partition coefficient (Wildman–Crippen LogP) is 0.803. The molecule has 1 aromatic carbocycles. The SMILES string of the molecule is NC(=O)c1cccc(OCCC(=O)N2CC3(CCOC3)C2)c1. The van der Waals surface area contributed by atoms with Crippen LogP contribution in [0, 0.1) is 5.41 Å². The molecule has 0 saturated carbocycles. The summed E-state index contributed by atoms with van der Waals surface area (Å²) < 4.78 is 10.9. The van der Waals surface area contributed by atoms with Crippen LogP contribution in [0.15, 0.2) is 24.3 Å². The molecular weight excluding hydrogens is 284 g/mol. The Kier molecular flexibility index (Phi) is 4.02. The Hall–Kier alpha value is -2.08. The van der Waals surface area contributed by atoms with Gasteiger partial charge in [-0.05, 0) is 24.6 Å². The lowest BCUT2D eigenvalue weighted by molar-refractivity contribution is -0.143. The highest BCUT2D eigenvalue weighted by Crippen LogP contribution is 2.38. The molecule has 0 aromatic heterocycles. The van der Waals surface area contributed by atoms with E-state index in [2.05, 4.69) is 0 Å². The van der Waals surface area contributed by atoms with E-state index in [9.17, 15) is 9.59 Å². The van der Waals surface area contributed by atoms with Crippen molar-refractivity contribution >= 4 is 11.8 Å². The lowest BCUT2D eigenvalue weighted by Crippen LogP contribution is -2.58. The van der Waals surface area contributed by atoms with Crippen molar-refractivity contribution < 1.29 is 19.1 Å². The van der Waals surface area contributed by atoms with Crippen LogP contribution in [0.4, 0.5) is 0 Å². The summed E-state index contributed by atoms with van der Waals surface area (Å²) in [4.78, 5) is 25.0. The summed E-state index contributed by atoms with van der Waals surface area (Å²) in [5, 5.41) is 0. The minimum Gasteiger partial charge on any atom is -0.493 e. The molecule has 0 aliphatic carbocycles. The van der Waals surface area contributed by atoms with E-state index in [-0.39, 0.29) is 11.3 Å². The second-order valence-corrected chi connectivity index (χ2v) is 6.04. The number of ether oxygens (including phenoxy) is 2. The van der Waals surface area contributed by atoms with Gasteiger partial charge in [-0.25, -0.2) is 0 Å². The van der Waals surface area contributed by atoms with E-state index in [4.69, 9.17) is 15.2 Å². The van der Waals surface area contributed by atoms with Gasteiger partial charge in [0.25, 0.3) is 0 Å². The van der Waals surface area contributed by atoms with Crippen molar-refractivity contribution in [3.05, 3.63) is 29.8 Å². The van der Waals surface area contributed by atoms with Crippen LogP contribution in [-0.4, -0.2) is 49.6 Å². The first-order valence-corrected chi connectivity index (χ1v) is 7.46. The van der Waals surface area contributed by atoms with Gasteiger partial charge in [0, 0.05) is 30.7 Å². The van der Waals surface area contributed by atoms with Crippen molar-refractivity contribution in [1.82, 2.24) is 4.90 Å². The average molecular weight is 304 g/mol. The Morgan fingerprint density at radius 1 is 1.36 bits per heavy atom. The maximum Gasteiger partial charge on any atom is 0.248 e. The van der Waals surface area contributed by atoms with E-state index < -0.39 is 5.91 Å². The number of hydrogen-bond donors (Lipinski definition) is 1. The molecule has 6 nitrogen and oxygen atoms in total. The van der Waals surface area contributed by atoms with E-state index in [1.165, 1.54) is 0 Å². The molecule has 2 fully saturated rings. The fourth-order valence-electron chi connectivity index (χ4n) is 2.99. The van der Waals surface area contributed by atoms with Gasteiger partial charge in [-0.15, -0.1) is 0 Å². The van der Waals surface area contributed by atoms with Gasteiger partial charge in [0.2, 0.25) is 11.8 Å². The predicted molar refractivity (Wildman–Crippen MR) is 79.5 cm³/mol. The fourth-order valence-corrected chi connectivity index (χ4v) is 2.99. The summed E-state index contributed by atoms with van der Waals surface area (Å²) in [5.41, 5.74) is 5.83. The third kappa shape index (κ3) is 3.06. The van der Waals surface area contributed by atoms with Crippen molar-refractivity contribution in [3.63, 3.8) is 0 Å². The van der Waals surface area contributed by atoms with Crippen molar-refractivity contribution in [2.24, 2.45) is 11.1 Å². The topological polar surface area (TPSA) is 81.9 Å². The Bertz CT molecular complexity index is 573. The zero-order valence-corrected chi connectivity index (χ0v) is 12.4. The van der Waals surface area contributed by atoms with E-state index in [1.54, 1.807) is 24.3 Å². The number of nitrogens with two attached hydrogens (primary N) is 1. The fraction of sp³-hybridized carbons (Fsp3) is 0.500. The molecule has 118 valence electrons. The smallest absolute Gasteiger partial charge is 0.248 e. The molecule has 2 amide bonds. The minimum absolute atomic E-state index is 0.101. The second kappa shape index (κ2) is 5.96. The van der Waals surface area contributed by atoms with Gasteiger partial charge in [-0.2, -0.15) is 0 Å². The molecule has 2 aliphatic rings. The Morgan fingerprint density at radius 2 is 2.18 bits per heavy atom. The van der Waals surface area contributed by atoms with Gasteiger partial charge < -0.3 is 20.1 Å². The van der Waals surface area contributed by atoms with Crippen molar-refractivity contribution in [2.45, 2.75) is 12.8 Å². The normalized spacial score (nSPS) is 19.0. The Morgan fingerprint density at radius 3 is 2.86 bits per heavy atom. The maximum atomic E-state index is 12.1. The van der Waals surface area contributed by atoms with Crippen molar-refractivity contribution in [3.8, 4) is 5.75 Å². The van der Waals surface area contributed by atoms with Gasteiger partial charge in [0.05, 0.1) is 19.6 Å². The first kappa shape index (κ1) is 14.8. The van der Waals surface area contributed by atoms with Crippen LogP contribution in [0.2, 0.25) is 0 Å². The van der Waals surface area contributed by atoms with E-state index in [0.29, 0.717) is 24.3 Å². The molecule has 0 atom stereocenters. The number of benzene rings is 1. The van der Waals surface area contributed by atoms with Crippen LogP contribution in [0.5, 0.6) is 5.75 Å². The standard InChI is InChI=1S/C16H20N2O4/c17-15(20)12-2-1-3-13(8-12)22-6-4-14(19)18-9-16(10-18)5-7-21-11-16/h1-3,8H,4-7,9-11H2,(H2,17,20). The van der Waals surface area contributed by atoms with Gasteiger partial charge in [0.1, 0.15) is 5.75 Å². The van der Waals surface area contributed by atoms with Crippen LogP contribution in [-0.2, 0) is 9.53 Å². The molecular formula is C16H20N2O4. The van der Waals surface area contributed by atoms with Crippen LogP contribution in [0.1, 0.15) is 23.2 Å². The zero-order chi connectivity index (χ0) is 15.6. The first-order valence-electron chi connectivity index (χ1n) is 7.46. The van der Waals surface area contributed by atoms with Crippen LogP contribution >= 0.6 is 0 Å². The lowest BCUT2D eigenvalue weighted by atomic mass is 9.79. The highest BCUT2D eigenvalue weighted by molar-refractivity contribution is 5.93. The molecule has 2 heterocycles. The van der Waals surface area contributed by atoms with Crippen molar-refractivity contribution in [2.75, 3.05) is 32.9 Å². The van der Waals surface area contributed by atoms with Gasteiger partial charge in [-0.1, -0.05) is 6.07 Å². The summed E-state index contributed by atoms with van der Waals surface area (Å²) in [7, 11) is 0. The highest BCUT2D eigenvalue weighted by Gasteiger charge is 2.47. The van der Waals surface area contributed by atoms with Crippen LogP contribution in [0.25, 0.3) is 0 Å². The molecule has 1 spiro atoms. The number of likely N-dealkylation sites (tertiary alicyclic amines) is 1. The average Bonchev–Trinajstić information content (AvgIpc) is 2.95. The highest BCUT2D eigenvalue weighted by atomic mass is 16.5. The van der Waals surface area contributed by atoms with Gasteiger partial charge >= 0.3 is 0 Å². The summed E-state index contributed by atoms with van der Waals surface area (Å²) >= 11 is 0. The van der Waals surface area contributed by atoms with Gasteiger partial charge in [0.15, 0.2) is 0 Å². The zero-order valence-electron chi connectivity index (χ0n) is 12.4. The monoisotopic (exact) mass is 304 g/mol. The molecule has 3 rings (SSSR count). The quantitative estimate of drug-likeness (QED) is 0.872. The molecule has 0 radical (unpaired) electrons. The van der Waals surface area contributed by atoms with Gasteiger partial charge in [-0.3, -0.25) is 9.59 Å². The third-order valence-corrected chi connectivity index (χ3v) is 4.29. The summed E-state index contributed by atoms with van der Waals surface area (Å²) in [6.45, 7) is 3.46. The van der Waals surface area contributed by atoms with E-state index >= 15 is 0 Å². The third-order valence-electron chi connectivity index (χ3n) is 4.29. The van der Waals surface area contributed by atoms with Crippen LogP contribution in [0.3, 0.4) is 0 Å². The largest absolute Gasteiger partial charge is 0.493 e. The van der Waals surface area contributed by atoms with E-state index in [0.717, 1.165) is 32.7 Å². The molecule has 22 heavy (non-hydrogen) atoms.